The lowest BCUT2D eigenvalue weighted by Gasteiger charge is -2.05. The molecule has 102 valence electrons. The van der Waals surface area contributed by atoms with Gasteiger partial charge in [-0.25, -0.2) is 9.78 Å². The van der Waals surface area contributed by atoms with Crippen molar-refractivity contribution in [3.05, 3.63) is 28.2 Å². The summed E-state index contributed by atoms with van der Waals surface area (Å²) in [5, 5.41) is 5.73. The van der Waals surface area contributed by atoms with Gasteiger partial charge in [-0.3, -0.25) is 0 Å². The van der Waals surface area contributed by atoms with E-state index >= 15 is 0 Å². The van der Waals surface area contributed by atoms with Crippen LogP contribution in [0.3, 0.4) is 0 Å². The predicted molar refractivity (Wildman–Crippen MR) is 79.2 cm³/mol. The van der Waals surface area contributed by atoms with Crippen LogP contribution >= 0.6 is 34.7 Å². The molecule has 3 aromatic rings. The van der Waals surface area contributed by atoms with Crippen molar-refractivity contribution in [3.63, 3.8) is 0 Å². The molecule has 0 aliphatic rings. The van der Waals surface area contributed by atoms with Crippen molar-refractivity contribution in [2.24, 2.45) is 0 Å². The highest BCUT2D eigenvalue weighted by Gasteiger charge is 2.14. The van der Waals surface area contributed by atoms with E-state index in [-0.39, 0.29) is 5.69 Å². The Labute approximate surface area is 126 Å². The number of nitrogens with zero attached hydrogens (tertiary/aromatic N) is 3. The Kier molecular flexibility index (Phi) is 3.51. The second-order valence-electron chi connectivity index (χ2n) is 3.71. The molecule has 0 aliphatic carbocycles. The van der Waals surface area contributed by atoms with E-state index in [1.165, 1.54) is 18.4 Å². The lowest BCUT2D eigenvalue weighted by atomic mass is 10.2. The number of halogens is 1. The number of fused-ring (bicyclic) bond motifs is 1. The minimum atomic E-state index is -0.478. The molecule has 0 atom stereocenters. The maximum atomic E-state index is 11.4. The van der Waals surface area contributed by atoms with Crippen LogP contribution < -0.4 is 5.32 Å². The summed E-state index contributed by atoms with van der Waals surface area (Å²) in [6.07, 6.45) is 0. The monoisotopic (exact) mass is 326 g/mol. The van der Waals surface area contributed by atoms with Crippen LogP contribution in [0.15, 0.2) is 17.5 Å². The first-order valence-electron chi connectivity index (χ1n) is 5.40. The first-order valence-corrected chi connectivity index (χ1v) is 7.39. The zero-order valence-electron chi connectivity index (χ0n) is 10.1. The minimum Gasteiger partial charge on any atom is -0.464 e. The Hall–Kier alpha value is -1.77. The summed E-state index contributed by atoms with van der Waals surface area (Å²) >= 11 is 8.56. The number of nitrogens with one attached hydrogen (secondary N) is 1. The summed E-state index contributed by atoms with van der Waals surface area (Å²) < 4.78 is 13.0. The number of hydrogen-bond acceptors (Lipinski definition) is 8. The van der Waals surface area contributed by atoms with Crippen LogP contribution in [0.1, 0.15) is 10.5 Å². The van der Waals surface area contributed by atoms with E-state index in [0.29, 0.717) is 21.4 Å². The standard InChI is InChI=1S/C11H7ClN4O2S2/c1-18-10(17)7-4-19-11(13-7)14-8-5(12)2-3-6-9(8)16-20-15-6/h2-4H,1H3,(H,13,14). The highest BCUT2D eigenvalue weighted by atomic mass is 35.5. The fourth-order valence-corrected chi connectivity index (χ4v) is 3.01. The second kappa shape index (κ2) is 5.31. The molecule has 0 unspecified atom stereocenters. The van der Waals surface area contributed by atoms with Gasteiger partial charge in [-0.2, -0.15) is 8.75 Å². The van der Waals surface area contributed by atoms with Crippen molar-refractivity contribution in [2.75, 3.05) is 12.4 Å². The third-order valence-corrected chi connectivity index (χ3v) is 4.12. The van der Waals surface area contributed by atoms with Gasteiger partial charge in [0.25, 0.3) is 0 Å². The number of esters is 1. The van der Waals surface area contributed by atoms with Gasteiger partial charge < -0.3 is 10.1 Å². The van der Waals surface area contributed by atoms with Gasteiger partial charge in [-0.05, 0) is 12.1 Å². The zero-order chi connectivity index (χ0) is 14.1. The number of aromatic nitrogens is 3. The minimum absolute atomic E-state index is 0.250. The molecule has 0 radical (unpaired) electrons. The predicted octanol–water partition coefficient (Wildman–Crippen LogP) is 3.33. The van der Waals surface area contributed by atoms with Crippen LogP contribution in [0.2, 0.25) is 5.02 Å². The highest BCUT2D eigenvalue weighted by molar-refractivity contribution is 7.14. The molecule has 1 N–H and O–H groups in total. The van der Waals surface area contributed by atoms with E-state index in [4.69, 9.17) is 11.6 Å². The maximum Gasteiger partial charge on any atom is 0.357 e. The summed E-state index contributed by atoms with van der Waals surface area (Å²) in [5.41, 5.74) is 2.31. The molecule has 0 amide bonds. The third-order valence-electron chi connectivity index (χ3n) is 2.51. The smallest absolute Gasteiger partial charge is 0.357 e. The largest absolute Gasteiger partial charge is 0.464 e. The lowest BCUT2D eigenvalue weighted by Crippen LogP contribution is -2.01. The molecule has 0 fully saturated rings. The van der Waals surface area contributed by atoms with Crippen LogP contribution in [0, 0.1) is 0 Å². The van der Waals surface area contributed by atoms with Crippen LogP contribution in [-0.4, -0.2) is 26.8 Å². The summed E-state index contributed by atoms with van der Waals surface area (Å²) in [5.74, 6) is -0.478. The van der Waals surface area contributed by atoms with Crippen LogP contribution in [-0.2, 0) is 4.74 Å². The average molecular weight is 327 g/mol. The molecule has 6 nitrogen and oxygen atoms in total. The van der Waals surface area contributed by atoms with Crippen molar-refractivity contribution in [2.45, 2.75) is 0 Å². The molecule has 2 aromatic heterocycles. The number of benzene rings is 1. The number of rotatable bonds is 3. The Morgan fingerprint density at radius 1 is 1.40 bits per heavy atom. The van der Waals surface area contributed by atoms with Gasteiger partial charge in [0.15, 0.2) is 10.8 Å². The number of methoxy groups -OCH3 is 1. The number of thiazole rings is 1. The van der Waals surface area contributed by atoms with Gasteiger partial charge in [-0.1, -0.05) is 11.6 Å². The molecule has 2 heterocycles. The van der Waals surface area contributed by atoms with E-state index in [1.807, 2.05) is 0 Å². The van der Waals surface area contributed by atoms with Gasteiger partial charge >= 0.3 is 5.97 Å². The third kappa shape index (κ3) is 2.33. The van der Waals surface area contributed by atoms with Crippen molar-refractivity contribution < 1.29 is 9.53 Å². The van der Waals surface area contributed by atoms with Crippen molar-refractivity contribution in [3.8, 4) is 0 Å². The molecular weight excluding hydrogens is 320 g/mol. The molecule has 9 heteroatoms. The summed E-state index contributed by atoms with van der Waals surface area (Å²) in [6.45, 7) is 0. The van der Waals surface area contributed by atoms with Crippen molar-refractivity contribution in [1.82, 2.24) is 13.7 Å². The summed E-state index contributed by atoms with van der Waals surface area (Å²) in [6, 6.07) is 3.54. The molecular formula is C11H7ClN4O2S2. The SMILES string of the molecule is COC(=O)c1csc(Nc2c(Cl)ccc3nsnc23)n1. The molecule has 0 saturated carbocycles. The number of carbonyl (C=O) groups excluding carboxylic acids is 1. The molecule has 0 saturated heterocycles. The van der Waals surface area contributed by atoms with Crippen molar-refractivity contribution >= 4 is 62.5 Å². The van der Waals surface area contributed by atoms with Gasteiger partial charge in [0.1, 0.15) is 11.0 Å². The average Bonchev–Trinajstić information content (AvgIpc) is 3.10. The van der Waals surface area contributed by atoms with Gasteiger partial charge in [-0.15, -0.1) is 11.3 Å². The van der Waals surface area contributed by atoms with Crippen LogP contribution in [0.4, 0.5) is 10.8 Å². The fourth-order valence-electron chi connectivity index (χ4n) is 1.58. The Bertz CT molecular complexity index is 786. The number of anilines is 2. The Balaban J connectivity index is 1.97. The lowest BCUT2D eigenvalue weighted by molar-refractivity contribution is 0.0595. The summed E-state index contributed by atoms with van der Waals surface area (Å²) in [7, 11) is 1.31. The molecule has 0 aliphatic heterocycles. The number of ether oxygens (including phenoxy) is 1. The number of hydrogen-bond donors (Lipinski definition) is 1. The quantitative estimate of drug-likeness (QED) is 0.744. The Morgan fingerprint density at radius 3 is 3.05 bits per heavy atom. The normalized spacial score (nSPS) is 10.7. The van der Waals surface area contributed by atoms with Crippen LogP contribution in [0.5, 0.6) is 0 Å². The van der Waals surface area contributed by atoms with Gasteiger partial charge in [0.05, 0.1) is 29.5 Å². The van der Waals surface area contributed by atoms with E-state index in [2.05, 4.69) is 23.8 Å². The maximum absolute atomic E-state index is 11.4. The van der Waals surface area contributed by atoms with Gasteiger partial charge in [0, 0.05) is 5.38 Å². The van der Waals surface area contributed by atoms with Crippen LogP contribution in [0.25, 0.3) is 11.0 Å². The molecule has 20 heavy (non-hydrogen) atoms. The first kappa shape index (κ1) is 13.2. The molecule has 1 aromatic carbocycles. The summed E-state index contributed by atoms with van der Waals surface area (Å²) in [4.78, 5) is 15.5. The number of carbonyl (C=O) groups is 1. The highest BCUT2D eigenvalue weighted by Crippen LogP contribution is 2.33. The fraction of sp³-hybridized carbons (Fsp3) is 0.0909. The van der Waals surface area contributed by atoms with E-state index in [9.17, 15) is 4.79 Å². The van der Waals surface area contributed by atoms with E-state index < -0.39 is 5.97 Å². The van der Waals surface area contributed by atoms with Crippen molar-refractivity contribution in [1.29, 1.82) is 0 Å². The first-order chi connectivity index (χ1) is 9.69. The topological polar surface area (TPSA) is 77.0 Å². The second-order valence-corrected chi connectivity index (χ2v) is 5.50. The van der Waals surface area contributed by atoms with E-state index in [1.54, 1.807) is 17.5 Å². The molecule has 0 bridgehead atoms. The zero-order valence-corrected chi connectivity index (χ0v) is 12.5. The van der Waals surface area contributed by atoms with E-state index in [0.717, 1.165) is 17.2 Å². The van der Waals surface area contributed by atoms with Gasteiger partial charge in [0.2, 0.25) is 0 Å². The molecule has 0 spiro atoms. The molecule has 3 rings (SSSR count). The Morgan fingerprint density at radius 2 is 2.25 bits per heavy atom.